The van der Waals surface area contributed by atoms with Gasteiger partial charge in [0.2, 0.25) is 0 Å². The van der Waals surface area contributed by atoms with E-state index in [0.29, 0.717) is 10.8 Å². The summed E-state index contributed by atoms with van der Waals surface area (Å²) in [7, 11) is 0. The van der Waals surface area contributed by atoms with E-state index in [0.717, 1.165) is 35.8 Å². The molecule has 0 spiro atoms. The summed E-state index contributed by atoms with van der Waals surface area (Å²) in [6.07, 6.45) is 11.1. The Balaban J connectivity index is 1.44. The predicted octanol–water partition coefficient (Wildman–Crippen LogP) is 5.88. The first-order valence-electron chi connectivity index (χ1n) is 10.7. The Labute approximate surface area is 157 Å². The van der Waals surface area contributed by atoms with Crippen LogP contribution in [0.2, 0.25) is 0 Å². The SMILES string of the molecule is CC(=O)Oc1ccc2c(c1)CC[C@@H]1[C@@H]2CC[C@@]2(C)[C@H]1CC[C@]2(C)C1CC1. The van der Waals surface area contributed by atoms with Crippen molar-refractivity contribution in [3.8, 4) is 5.75 Å². The molecule has 0 aliphatic heterocycles. The zero-order chi connectivity index (χ0) is 18.1. The summed E-state index contributed by atoms with van der Waals surface area (Å²) in [5, 5.41) is 0. The van der Waals surface area contributed by atoms with Gasteiger partial charge in [0.05, 0.1) is 0 Å². The molecule has 4 aliphatic carbocycles. The summed E-state index contributed by atoms with van der Waals surface area (Å²) in [4.78, 5) is 11.3. The van der Waals surface area contributed by atoms with Crippen molar-refractivity contribution in [2.75, 3.05) is 0 Å². The van der Waals surface area contributed by atoms with Gasteiger partial charge in [0.25, 0.3) is 0 Å². The highest BCUT2D eigenvalue weighted by Gasteiger charge is 2.63. The Morgan fingerprint density at radius 3 is 2.54 bits per heavy atom. The van der Waals surface area contributed by atoms with E-state index in [4.69, 9.17) is 4.74 Å². The average molecular weight is 353 g/mol. The first-order chi connectivity index (χ1) is 12.4. The molecule has 0 unspecified atom stereocenters. The molecule has 2 nitrogen and oxygen atoms in total. The van der Waals surface area contributed by atoms with Gasteiger partial charge in [-0.15, -0.1) is 0 Å². The lowest BCUT2D eigenvalue weighted by Crippen LogP contribution is -2.46. The van der Waals surface area contributed by atoms with Crippen LogP contribution < -0.4 is 4.74 Å². The highest BCUT2D eigenvalue weighted by atomic mass is 16.5. The Bertz CT molecular complexity index is 749. The van der Waals surface area contributed by atoms with Crippen molar-refractivity contribution < 1.29 is 9.53 Å². The lowest BCUT2D eigenvalue weighted by Gasteiger charge is -2.54. The molecule has 0 saturated heterocycles. The number of hydrogen-bond donors (Lipinski definition) is 0. The number of carbonyl (C=O) groups excluding carboxylic acids is 1. The number of esters is 1. The standard InChI is InChI=1S/C24H32O2/c1-15(25)26-18-7-9-19-16(14-18)4-8-21-20(19)10-12-24(3)22(21)11-13-23(24,2)17-5-6-17/h7,9,14,17,20-22H,4-6,8,10-13H2,1-3H3/t20-,21-,22+,23-,24+/m1/s1. The van der Waals surface area contributed by atoms with Crippen molar-refractivity contribution in [1.29, 1.82) is 0 Å². The third-order valence-electron chi connectivity index (χ3n) is 9.11. The molecular formula is C24H32O2. The van der Waals surface area contributed by atoms with E-state index in [-0.39, 0.29) is 5.97 Å². The van der Waals surface area contributed by atoms with Gasteiger partial charge in [0.15, 0.2) is 0 Å². The molecule has 26 heavy (non-hydrogen) atoms. The van der Waals surface area contributed by atoms with Crippen molar-refractivity contribution in [3.05, 3.63) is 29.3 Å². The monoisotopic (exact) mass is 352 g/mol. The number of hydrogen-bond acceptors (Lipinski definition) is 2. The second-order valence-corrected chi connectivity index (χ2v) is 10.1. The van der Waals surface area contributed by atoms with Crippen LogP contribution in [0.15, 0.2) is 18.2 Å². The molecule has 3 saturated carbocycles. The minimum absolute atomic E-state index is 0.225. The molecule has 2 heteroatoms. The molecule has 5 atom stereocenters. The molecule has 0 bridgehead atoms. The number of carbonyl (C=O) groups is 1. The molecule has 1 aromatic carbocycles. The van der Waals surface area contributed by atoms with Gasteiger partial charge >= 0.3 is 5.97 Å². The molecule has 5 rings (SSSR count). The highest BCUT2D eigenvalue weighted by Crippen LogP contribution is 2.72. The second kappa shape index (κ2) is 5.59. The van der Waals surface area contributed by atoms with Gasteiger partial charge < -0.3 is 4.74 Å². The average Bonchev–Trinajstić information content (AvgIpc) is 3.41. The first kappa shape index (κ1) is 16.8. The summed E-state index contributed by atoms with van der Waals surface area (Å²) in [5.74, 6) is 4.01. The summed E-state index contributed by atoms with van der Waals surface area (Å²) >= 11 is 0. The number of rotatable bonds is 2. The molecule has 4 aliphatic rings. The van der Waals surface area contributed by atoms with E-state index in [2.05, 4.69) is 26.0 Å². The minimum atomic E-state index is -0.225. The first-order valence-corrected chi connectivity index (χ1v) is 10.7. The van der Waals surface area contributed by atoms with Crippen LogP contribution in [0.3, 0.4) is 0 Å². The summed E-state index contributed by atoms with van der Waals surface area (Å²) in [6.45, 7) is 6.76. The summed E-state index contributed by atoms with van der Waals surface area (Å²) in [5.41, 5.74) is 4.14. The number of aryl methyl sites for hydroxylation is 1. The highest BCUT2D eigenvalue weighted by molar-refractivity contribution is 5.69. The second-order valence-electron chi connectivity index (χ2n) is 10.1. The van der Waals surface area contributed by atoms with Crippen LogP contribution in [0, 0.1) is 28.6 Å². The molecule has 0 N–H and O–H groups in total. The molecule has 0 amide bonds. The molecular weight excluding hydrogens is 320 g/mol. The Hall–Kier alpha value is -1.31. The topological polar surface area (TPSA) is 26.3 Å². The van der Waals surface area contributed by atoms with Crippen LogP contribution in [-0.2, 0) is 11.2 Å². The quantitative estimate of drug-likeness (QED) is 0.490. The van der Waals surface area contributed by atoms with E-state index in [9.17, 15) is 4.79 Å². The molecule has 3 fully saturated rings. The fourth-order valence-corrected chi connectivity index (χ4v) is 7.48. The molecule has 0 aromatic heterocycles. The largest absolute Gasteiger partial charge is 0.427 e. The minimum Gasteiger partial charge on any atom is -0.427 e. The van der Waals surface area contributed by atoms with Crippen LogP contribution in [0.25, 0.3) is 0 Å². The van der Waals surface area contributed by atoms with Gasteiger partial charge in [0.1, 0.15) is 5.75 Å². The summed E-state index contributed by atoms with van der Waals surface area (Å²) < 4.78 is 5.32. The van der Waals surface area contributed by atoms with E-state index in [1.165, 1.54) is 57.4 Å². The van der Waals surface area contributed by atoms with E-state index >= 15 is 0 Å². The fraction of sp³-hybridized carbons (Fsp3) is 0.708. The summed E-state index contributed by atoms with van der Waals surface area (Å²) in [6, 6.07) is 6.41. The van der Waals surface area contributed by atoms with Gasteiger partial charge in [-0.3, -0.25) is 4.79 Å². The lowest BCUT2D eigenvalue weighted by molar-refractivity contribution is -0.131. The van der Waals surface area contributed by atoms with Gasteiger partial charge in [-0.05, 0) is 109 Å². The normalized spacial score (nSPS) is 41.1. The van der Waals surface area contributed by atoms with Crippen LogP contribution in [0.5, 0.6) is 5.75 Å². The van der Waals surface area contributed by atoms with Crippen molar-refractivity contribution in [2.45, 2.75) is 78.1 Å². The molecule has 1 aromatic rings. The van der Waals surface area contributed by atoms with Crippen LogP contribution in [0.4, 0.5) is 0 Å². The zero-order valence-electron chi connectivity index (χ0n) is 16.5. The van der Waals surface area contributed by atoms with Crippen LogP contribution in [-0.4, -0.2) is 5.97 Å². The van der Waals surface area contributed by atoms with Crippen molar-refractivity contribution in [2.24, 2.45) is 28.6 Å². The number of ether oxygens (including phenoxy) is 1. The van der Waals surface area contributed by atoms with Crippen LogP contribution in [0.1, 0.15) is 82.8 Å². The number of fused-ring (bicyclic) bond motifs is 5. The maximum absolute atomic E-state index is 11.3. The molecule has 0 heterocycles. The van der Waals surface area contributed by atoms with Crippen molar-refractivity contribution in [3.63, 3.8) is 0 Å². The Morgan fingerprint density at radius 1 is 1.04 bits per heavy atom. The Morgan fingerprint density at radius 2 is 1.81 bits per heavy atom. The Kier molecular flexibility index (Phi) is 3.62. The molecule has 140 valence electrons. The third-order valence-corrected chi connectivity index (χ3v) is 9.11. The lowest BCUT2D eigenvalue weighted by atomic mass is 9.50. The van der Waals surface area contributed by atoms with Crippen molar-refractivity contribution >= 4 is 5.97 Å². The van der Waals surface area contributed by atoms with Crippen LogP contribution >= 0.6 is 0 Å². The smallest absolute Gasteiger partial charge is 0.308 e. The van der Waals surface area contributed by atoms with Gasteiger partial charge in [-0.2, -0.15) is 0 Å². The van der Waals surface area contributed by atoms with E-state index in [1.54, 1.807) is 5.56 Å². The van der Waals surface area contributed by atoms with E-state index in [1.807, 2.05) is 6.07 Å². The number of benzene rings is 1. The predicted molar refractivity (Wildman–Crippen MR) is 103 cm³/mol. The fourth-order valence-electron chi connectivity index (χ4n) is 7.48. The zero-order valence-corrected chi connectivity index (χ0v) is 16.5. The van der Waals surface area contributed by atoms with Crippen molar-refractivity contribution in [1.82, 2.24) is 0 Å². The maximum atomic E-state index is 11.3. The van der Waals surface area contributed by atoms with Gasteiger partial charge in [-0.25, -0.2) is 0 Å². The van der Waals surface area contributed by atoms with Gasteiger partial charge in [-0.1, -0.05) is 19.9 Å². The van der Waals surface area contributed by atoms with E-state index < -0.39 is 0 Å². The van der Waals surface area contributed by atoms with Gasteiger partial charge in [0, 0.05) is 6.92 Å². The third kappa shape index (κ3) is 2.26. The molecule has 0 radical (unpaired) electrons. The maximum Gasteiger partial charge on any atom is 0.308 e.